The van der Waals surface area contributed by atoms with Crippen LogP contribution in [0.5, 0.6) is 0 Å². The highest BCUT2D eigenvalue weighted by molar-refractivity contribution is 6.70. The van der Waals surface area contributed by atoms with Crippen molar-refractivity contribution < 1.29 is 4.43 Å². The lowest BCUT2D eigenvalue weighted by molar-refractivity contribution is 0.284. The van der Waals surface area contributed by atoms with Crippen LogP contribution in [0.15, 0.2) is 11.8 Å². The Morgan fingerprint density at radius 3 is 2.14 bits per heavy atom. The molecule has 14 heavy (non-hydrogen) atoms. The second-order valence-electron chi connectivity index (χ2n) is 5.24. The summed E-state index contributed by atoms with van der Waals surface area (Å²) in [7, 11) is -1.39. The van der Waals surface area contributed by atoms with Crippen molar-refractivity contribution in [1.82, 2.24) is 0 Å². The molecule has 0 aromatic carbocycles. The third kappa shape index (κ3) is 3.87. The van der Waals surface area contributed by atoms with Crippen LogP contribution in [0.3, 0.4) is 0 Å². The maximum Gasteiger partial charge on any atom is 0.241 e. The number of allylic oxidation sites excluding steroid dienone is 2. The summed E-state index contributed by atoms with van der Waals surface area (Å²) in [6, 6.07) is 0. The fourth-order valence-electron chi connectivity index (χ4n) is 2.12. The lowest BCUT2D eigenvalue weighted by Gasteiger charge is -2.29. The summed E-state index contributed by atoms with van der Waals surface area (Å²) < 4.78 is 6.13. The van der Waals surface area contributed by atoms with Gasteiger partial charge in [0.25, 0.3) is 0 Å². The molecule has 1 saturated carbocycles. The summed E-state index contributed by atoms with van der Waals surface area (Å²) in [5, 5.41) is 0. The van der Waals surface area contributed by atoms with Crippen molar-refractivity contribution in [3.63, 3.8) is 0 Å². The molecule has 0 N–H and O–H groups in total. The monoisotopic (exact) mass is 212 g/mol. The van der Waals surface area contributed by atoms with Crippen molar-refractivity contribution in [2.75, 3.05) is 0 Å². The van der Waals surface area contributed by atoms with Crippen LogP contribution in [-0.2, 0) is 4.43 Å². The smallest absolute Gasteiger partial charge is 0.241 e. The lowest BCUT2D eigenvalue weighted by Crippen LogP contribution is -2.27. The Kier molecular flexibility index (Phi) is 4.23. The summed E-state index contributed by atoms with van der Waals surface area (Å²) >= 11 is 0. The highest BCUT2D eigenvalue weighted by Crippen LogP contribution is 2.31. The normalized spacial score (nSPS) is 21.0. The van der Waals surface area contributed by atoms with Crippen molar-refractivity contribution in [2.24, 2.45) is 5.92 Å². The molecule has 0 amide bonds. The average Bonchev–Trinajstić information content (AvgIpc) is 2.14. The van der Waals surface area contributed by atoms with E-state index in [0.29, 0.717) is 0 Å². The minimum atomic E-state index is -1.39. The topological polar surface area (TPSA) is 9.23 Å². The zero-order valence-corrected chi connectivity index (χ0v) is 11.1. The van der Waals surface area contributed by atoms with Gasteiger partial charge >= 0.3 is 0 Å². The molecule has 0 aromatic rings. The fourth-order valence-corrected chi connectivity index (χ4v) is 3.11. The van der Waals surface area contributed by atoms with E-state index < -0.39 is 8.32 Å². The second kappa shape index (κ2) is 5.01. The van der Waals surface area contributed by atoms with Crippen LogP contribution < -0.4 is 0 Å². The van der Waals surface area contributed by atoms with Gasteiger partial charge in [-0.2, -0.15) is 0 Å². The minimum Gasteiger partial charge on any atom is -0.547 e. The standard InChI is InChI=1S/C12H24OSi/c1-5-12(13-14(2,3)4)11-9-7-6-8-10-11/h5,11H,6-10H2,1-4H3/b12-5-. The highest BCUT2D eigenvalue weighted by atomic mass is 28.4. The summed E-state index contributed by atoms with van der Waals surface area (Å²) in [6.45, 7) is 8.90. The van der Waals surface area contributed by atoms with Gasteiger partial charge in [0, 0.05) is 5.92 Å². The Labute approximate surface area is 89.7 Å². The molecule has 82 valence electrons. The number of hydrogen-bond donors (Lipinski definition) is 0. The average molecular weight is 212 g/mol. The molecule has 1 fully saturated rings. The second-order valence-corrected chi connectivity index (χ2v) is 9.67. The van der Waals surface area contributed by atoms with E-state index in [0.717, 1.165) is 5.92 Å². The molecule has 0 aliphatic heterocycles. The molecule has 0 saturated heterocycles. The SMILES string of the molecule is C/C=C(\O[Si](C)(C)C)C1CCCCC1. The van der Waals surface area contributed by atoms with Gasteiger partial charge in [-0.1, -0.05) is 25.3 Å². The predicted octanol–water partition coefficient (Wildman–Crippen LogP) is 4.32. The summed E-state index contributed by atoms with van der Waals surface area (Å²) in [5.74, 6) is 2.00. The first kappa shape index (κ1) is 11.8. The molecule has 0 bridgehead atoms. The Bertz CT molecular complexity index is 197. The summed E-state index contributed by atoms with van der Waals surface area (Å²) in [5.41, 5.74) is 0. The van der Waals surface area contributed by atoms with Crippen molar-refractivity contribution in [3.05, 3.63) is 11.8 Å². The molecule has 1 rings (SSSR count). The fraction of sp³-hybridized carbons (Fsp3) is 0.833. The van der Waals surface area contributed by atoms with E-state index in [2.05, 4.69) is 32.6 Å². The molecule has 0 radical (unpaired) electrons. The van der Waals surface area contributed by atoms with Gasteiger partial charge in [-0.3, -0.25) is 0 Å². The molecule has 0 spiro atoms. The lowest BCUT2D eigenvalue weighted by atomic mass is 9.88. The van der Waals surface area contributed by atoms with Gasteiger partial charge in [-0.25, -0.2) is 0 Å². The highest BCUT2D eigenvalue weighted by Gasteiger charge is 2.23. The zero-order chi connectivity index (χ0) is 10.6. The first-order valence-corrected chi connectivity index (χ1v) is 9.29. The largest absolute Gasteiger partial charge is 0.547 e. The molecular formula is C12H24OSi. The third-order valence-electron chi connectivity index (χ3n) is 2.72. The Balaban J connectivity index is 2.53. The van der Waals surface area contributed by atoms with Gasteiger partial charge in [0.05, 0.1) is 5.76 Å². The molecule has 2 heteroatoms. The molecular weight excluding hydrogens is 188 g/mol. The van der Waals surface area contributed by atoms with Crippen molar-refractivity contribution in [3.8, 4) is 0 Å². The van der Waals surface area contributed by atoms with Crippen LogP contribution in [0.2, 0.25) is 19.6 Å². The first-order chi connectivity index (χ1) is 6.53. The Morgan fingerprint density at radius 1 is 1.14 bits per heavy atom. The van der Waals surface area contributed by atoms with E-state index in [1.165, 1.54) is 37.9 Å². The number of hydrogen-bond acceptors (Lipinski definition) is 1. The summed E-state index contributed by atoms with van der Waals surface area (Å²) in [4.78, 5) is 0. The first-order valence-electron chi connectivity index (χ1n) is 5.88. The summed E-state index contributed by atoms with van der Waals surface area (Å²) in [6.07, 6.45) is 9.05. The Morgan fingerprint density at radius 2 is 1.71 bits per heavy atom. The van der Waals surface area contributed by atoms with E-state index in [1.807, 2.05) is 0 Å². The maximum absolute atomic E-state index is 6.13. The molecule has 0 unspecified atom stereocenters. The quantitative estimate of drug-likeness (QED) is 0.500. The van der Waals surface area contributed by atoms with Crippen molar-refractivity contribution in [2.45, 2.75) is 58.7 Å². The molecule has 0 heterocycles. The van der Waals surface area contributed by atoms with Crippen LogP contribution in [0.25, 0.3) is 0 Å². The van der Waals surface area contributed by atoms with Crippen LogP contribution in [0.1, 0.15) is 39.0 Å². The van der Waals surface area contributed by atoms with E-state index in [-0.39, 0.29) is 0 Å². The van der Waals surface area contributed by atoms with E-state index in [4.69, 9.17) is 4.43 Å². The predicted molar refractivity (Wildman–Crippen MR) is 64.8 cm³/mol. The molecule has 0 aromatic heterocycles. The third-order valence-corrected chi connectivity index (χ3v) is 3.56. The van der Waals surface area contributed by atoms with Crippen LogP contribution >= 0.6 is 0 Å². The molecule has 1 nitrogen and oxygen atoms in total. The van der Waals surface area contributed by atoms with E-state index in [9.17, 15) is 0 Å². The maximum atomic E-state index is 6.13. The van der Waals surface area contributed by atoms with Crippen molar-refractivity contribution >= 4 is 8.32 Å². The van der Waals surface area contributed by atoms with Crippen LogP contribution in [-0.4, -0.2) is 8.32 Å². The van der Waals surface area contributed by atoms with Gasteiger partial charge in [-0.05, 0) is 39.4 Å². The molecule has 1 aliphatic rings. The van der Waals surface area contributed by atoms with Gasteiger partial charge in [0.2, 0.25) is 8.32 Å². The van der Waals surface area contributed by atoms with E-state index in [1.54, 1.807) is 0 Å². The number of rotatable bonds is 3. The minimum absolute atomic E-state index is 0.723. The van der Waals surface area contributed by atoms with Gasteiger partial charge in [0.1, 0.15) is 0 Å². The van der Waals surface area contributed by atoms with Gasteiger partial charge in [0.15, 0.2) is 0 Å². The van der Waals surface area contributed by atoms with Crippen LogP contribution in [0, 0.1) is 5.92 Å². The van der Waals surface area contributed by atoms with Gasteiger partial charge < -0.3 is 4.43 Å². The van der Waals surface area contributed by atoms with Gasteiger partial charge in [-0.15, -0.1) is 0 Å². The van der Waals surface area contributed by atoms with E-state index >= 15 is 0 Å². The van der Waals surface area contributed by atoms with Crippen LogP contribution in [0.4, 0.5) is 0 Å². The van der Waals surface area contributed by atoms with Crippen molar-refractivity contribution in [1.29, 1.82) is 0 Å². The Hall–Kier alpha value is -0.243. The molecule has 0 atom stereocenters. The zero-order valence-electron chi connectivity index (χ0n) is 10.1. The molecule has 1 aliphatic carbocycles.